The van der Waals surface area contributed by atoms with Gasteiger partial charge in [-0.05, 0) is 97.9 Å². The van der Waals surface area contributed by atoms with Crippen molar-refractivity contribution in [2.45, 2.75) is 49.3 Å². The number of aryl methyl sites for hydroxylation is 4. The highest BCUT2D eigenvalue weighted by Gasteiger charge is 2.31. The number of Topliss-reactive ketones (excluding diaryl/α,β-unsaturated/α-hetero) is 1. The van der Waals surface area contributed by atoms with Crippen molar-refractivity contribution in [2.24, 2.45) is 0 Å². The highest BCUT2D eigenvalue weighted by molar-refractivity contribution is 9.09. The minimum absolute atomic E-state index is 0.155. The lowest BCUT2D eigenvalue weighted by molar-refractivity contribution is -0.121. The number of hydrogen-bond donors (Lipinski definition) is 0. The molecule has 2 rings (SSSR count). The van der Waals surface area contributed by atoms with Gasteiger partial charge >= 0.3 is 0 Å². The maximum atomic E-state index is 13.8. The third-order valence-corrected chi connectivity index (χ3v) is 8.01. The molecule has 0 radical (unpaired) electrons. The van der Waals surface area contributed by atoms with E-state index in [2.05, 4.69) is 96.3 Å². The molecule has 0 spiro atoms. The van der Waals surface area contributed by atoms with E-state index in [-0.39, 0.29) is 17.6 Å². The molecule has 2 aromatic carbocycles. The number of hydrogen-bond acceptors (Lipinski definition) is 3. The number of rotatable bonds is 8. The number of ketones is 1. The average molecular weight is 544 g/mol. The van der Waals surface area contributed by atoms with Gasteiger partial charge in [-0.25, -0.2) is 0 Å². The van der Waals surface area contributed by atoms with Crippen LogP contribution in [0.15, 0.2) is 34.1 Å². The Morgan fingerprint density at radius 1 is 0.750 bits per heavy atom. The molecule has 2 unspecified atom stereocenters. The van der Waals surface area contributed by atoms with Gasteiger partial charge in [0, 0.05) is 20.5 Å². The molecular formula is C23H28Br2OS2. The molecule has 0 fully saturated rings. The van der Waals surface area contributed by atoms with Gasteiger partial charge in [-0.2, -0.15) is 0 Å². The minimum Gasteiger partial charge on any atom is -0.298 e. The SMILES string of the molecule is CSc1cc(C)c(C(CBr)C(=O)C(CBr)c2c(C)cc(SC)cc2C)c(C)c1. The van der Waals surface area contributed by atoms with Crippen LogP contribution in [0.3, 0.4) is 0 Å². The van der Waals surface area contributed by atoms with Crippen LogP contribution in [-0.2, 0) is 4.79 Å². The van der Waals surface area contributed by atoms with Gasteiger partial charge in [-0.1, -0.05) is 31.9 Å². The molecule has 0 aromatic heterocycles. The Balaban J connectivity index is 2.52. The molecule has 2 aromatic rings. The van der Waals surface area contributed by atoms with E-state index < -0.39 is 0 Å². The van der Waals surface area contributed by atoms with Gasteiger partial charge in [-0.15, -0.1) is 23.5 Å². The van der Waals surface area contributed by atoms with Crippen molar-refractivity contribution in [3.05, 3.63) is 57.6 Å². The lowest BCUT2D eigenvalue weighted by Gasteiger charge is -2.26. The van der Waals surface area contributed by atoms with E-state index in [1.165, 1.54) is 43.2 Å². The normalized spacial score (nSPS) is 13.4. The molecule has 0 saturated carbocycles. The molecule has 0 amide bonds. The Hall–Kier alpha value is -0.230. The van der Waals surface area contributed by atoms with E-state index in [9.17, 15) is 4.79 Å². The van der Waals surface area contributed by atoms with Crippen LogP contribution >= 0.6 is 55.4 Å². The summed E-state index contributed by atoms with van der Waals surface area (Å²) in [6.07, 6.45) is 4.18. The van der Waals surface area contributed by atoms with Gasteiger partial charge in [0.15, 0.2) is 0 Å². The molecule has 0 saturated heterocycles. The fourth-order valence-corrected chi connectivity index (χ4v) is 6.50. The summed E-state index contributed by atoms with van der Waals surface area (Å²) in [5.74, 6) is -0.0325. The Labute approximate surface area is 195 Å². The van der Waals surface area contributed by atoms with E-state index in [4.69, 9.17) is 0 Å². The Morgan fingerprint density at radius 2 is 1.04 bits per heavy atom. The quantitative estimate of drug-likeness (QED) is 0.252. The molecule has 0 aliphatic heterocycles. The number of halogens is 2. The number of alkyl halides is 2. The van der Waals surface area contributed by atoms with Crippen LogP contribution in [0.25, 0.3) is 0 Å². The fourth-order valence-electron chi connectivity index (χ4n) is 4.04. The van der Waals surface area contributed by atoms with Crippen molar-refractivity contribution < 1.29 is 4.79 Å². The van der Waals surface area contributed by atoms with Crippen LogP contribution in [0, 0.1) is 27.7 Å². The second-order valence-corrected chi connectivity index (χ2v) is 10.2. The summed E-state index contributed by atoms with van der Waals surface area (Å²) in [7, 11) is 0. The van der Waals surface area contributed by atoms with Crippen LogP contribution in [0.1, 0.15) is 45.2 Å². The van der Waals surface area contributed by atoms with Crippen LogP contribution in [-0.4, -0.2) is 29.0 Å². The Kier molecular flexibility index (Phi) is 9.18. The lowest BCUT2D eigenvalue weighted by atomic mass is 9.80. The predicted molar refractivity (Wildman–Crippen MR) is 133 cm³/mol. The van der Waals surface area contributed by atoms with Crippen LogP contribution < -0.4 is 0 Å². The molecule has 152 valence electrons. The van der Waals surface area contributed by atoms with E-state index >= 15 is 0 Å². The largest absolute Gasteiger partial charge is 0.298 e. The van der Waals surface area contributed by atoms with E-state index in [0.29, 0.717) is 10.7 Å². The van der Waals surface area contributed by atoms with Gasteiger partial charge in [0.05, 0.1) is 11.8 Å². The van der Waals surface area contributed by atoms with Crippen molar-refractivity contribution in [1.82, 2.24) is 0 Å². The summed E-state index contributed by atoms with van der Waals surface area (Å²) >= 11 is 10.8. The molecule has 28 heavy (non-hydrogen) atoms. The van der Waals surface area contributed by atoms with E-state index in [0.717, 1.165) is 0 Å². The van der Waals surface area contributed by atoms with E-state index in [1.807, 2.05) is 0 Å². The number of carbonyl (C=O) groups excluding carboxylic acids is 1. The molecule has 5 heteroatoms. The summed E-state index contributed by atoms with van der Waals surface area (Å²) in [6.45, 7) is 8.49. The van der Waals surface area contributed by atoms with Gasteiger partial charge < -0.3 is 0 Å². The molecular weight excluding hydrogens is 516 g/mol. The zero-order valence-electron chi connectivity index (χ0n) is 17.4. The molecule has 0 bridgehead atoms. The highest BCUT2D eigenvalue weighted by Crippen LogP contribution is 2.37. The first-order valence-electron chi connectivity index (χ1n) is 9.24. The second kappa shape index (κ2) is 10.7. The molecule has 0 aliphatic rings. The molecule has 0 aliphatic carbocycles. The fraction of sp³-hybridized carbons (Fsp3) is 0.435. The Morgan fingerprint density at radius 3 is 1.25 bits per heavy atom. The van der Waals surface area contributed by atoms with Gasteiger partial charge in [-0.3, -0.25) is 4.79 Å². The Bertz CT molecular complexity index is 748. The summed E-state index contributed by atoms with van der Waals surface area (Å²) in [4.78, 5) is 16.2. The third kappa shape index (κ3) is 5.08. The summed E-state index contributed by atoms with van der Waals surface area (Å²) < 4.78 is 0. The molecule has 0 N–H and O–H groups in total. The molecule has 2 atom stereocenters. The topological polar surface area (TPSA) is 17.1 Å². The van der Waals surface area contributed by atoms with Crippen molar-refractivity contribution in [3.8, 4) is 0 Å². The number of carbonyl (C=O) groups is 1. The van der Waals surface area contributed by atoms with Crippen molar-refractivity contribution in [3.63, 3.8) is 0 Å². The van der Waals surface area contributed by atoms with Crippen molar-refractivity contribution in [2.75, 3.05) is 23.2 Å². The van der Waals surface area contributed by atoms with Crippen molar-refractivity contribution >= 4 is 61.2 Å². The number of thioether (sulfide) groups is 2. The minimum atomic E-state index is -0.155. The van der Waals surface area contributed by atoms with Crippen LogP contribution in [0.2, 0.25) is 0 Å². The van der Waals surface area contributed by atoms with Gasteiger partial charge in [0.25, 0.3) is 0 Å². The lowest BCUT2D eigenvalue weighted by Crippen LogP contribution is -2.25. The maximum Gasteiger partial charge on any atom is 0.149 e. The first-order chi connectivity index (χ1) is 13.3. The molecule has 1 nitrogen and oxygen atoms in total. The zero-order chi connectivity index (χ0) is 21.0. The summed E-state index contributed by atoms with van der Waals surface area (Å²) in [5.41, 5.74) is 7.12. The molecule has 0 heterocycles. The average Bonchev–Trinajstić information content (AvgIpc) is 2.66. The van der Waals surface area contributed by atoms with Crippen LogP contribution in [0.5, 0.6) is 0 Å². The summed E-state index contributed by atoms with van der Waals surface area (Å²) in [6, 6.07) is 8.79. The highest BCUT2D eigenvalue weighted by atomic mass is 79.9. The smallest absolute Gasteiger partial charge is 0.149 e. The first-order valence-corrected chi connectivity index (χ1v) is 13.9. The monoisotopic (exact) mass is 542 g/mol. The first kappa shape index (κ1) is 24.0. The van der Waals surface area contributed by atoms with Gasteiger partial charge in [0.2, 0.25) is 0 Å². The van der Waals surface area contributed by atoms with Gasteiger partial charge in [0.1, 0.15) is 5.78 Å². The van der Waals surface area contributed by atoms with Crippen LogP contribution in [0.4, 0.5) is 0 Å². The van der Waals surface area contributed by atoms with E-state index in [1.54, 1.807) is 23.5 Å². The second-order valence-electron chi connectivity index (χ2n) is 7.17. The standard InChI is InChI=1S/C23H28Br2OS2/c1-13-7-17(27-5)8-14(2)21(13)19(11-24)23(26)20(12-25)22-15(3)9-18(28-6)10-16(22)4/h7-10,19-20H,11-12H2,1-6H3. The summed E-state index contributed by atoms with van der Waals surface area (Å²) in [5, 5.41) is 1.27. The predicted octanol–water partition coefficient (Wildman–Crippen LogP) is 7.59. The zero-order valence-corrected chi connectivity index (χ0v) is 22.2. The maximum absolute atomic E-state index is 13.8. The van der Waals surface area contributed by atoms with Crippen molar-refractivity contribution in [1.29, 1.82) is 0 Å². The third-order valence-electron chi connectivity index (χ3n) is 5.30. The number of benzene rings is 2.